The number of hydrogen-bond donors (Lipinski definition) is 3. The standard InChI is InChI=1S/C21H24N4O/c1-13-12-24-21(23-10-4-3-9-22)18-17-7-5-14-11-15(26-2)6-8-16(14)20(17)25-19(13)18/h5-8,11-12,25H,3-4,9-10,22H2,1-2H3,(H,23,24)/p+1. The zero-order valence-electron chi connectivity index (χ0n) is 15.3. The fraction of sp³-hybridized carbons (Fsp3) is 0.286. The number of hydrogen-bond acceptors (Lipinski definition) is 3. The van der Waals surface area contributed by atoms with Crippen molar-refractivity contribution in [2.75, 3.05) is 25.5 Å². The zero-order valence-corrected chi connectivity index (χ0v) is 15.3. The van der Waals surface area contributed by atoms with Crippen LogP contribution in [-0.2, 0) is 0 Å². The highest BCUT2D eigenvalue weighted by Gasteiger charge is 2.17. The Bertz CT molecular complexity index is 1080. The van der Waals surface area contributed by atoms with Crippen LogP contribution < -0.4 is 20.8 Å². The van der Waals surface area contributed by atoms with Gasteiger partial charge in [-0.2, -0.15) is 0 Å². The molecule has 2 aromatic carbocycles. The normalized spacial score (nSPS) is 11.5. The lowest BCUT2D eigenvalue weighted by Gasteiger charge is -2.04. The number of unbranched alkanes of at least 4 members (excludes halogenated alkanes) is 1. The summed E-state index contributed by atoms with van der Waals surface area (Å²) in [6.07, 6.45) is 4.14. The summed E-state index contributed by atoms with van der Waals surface area (Å²) in [7, 11) is 1.70. The van der Waals surface area contributed by atoms with Crippen LogP contribution in [-0.4, -0.2) is 25.2 Å². The summed E-state index contributed by atoms with van der Waals surface area (Å²) < 4.78 is 5.36. The van der Waals surface area contributed by atoms with E-state index < -0.39 is 0 Å². The van der Waals surface area contributed by atoms with E-state index in [1.165, 1.54) is 32.6 Å². The molecule has 0 saturated carbocycles. The van der Waals surface area contributed by atoms with E-state index in [0.717, 1.165) is 43.0 Å². The zero-order chi connectivity index (χ0) is 18.1. The van der Waals surface area contributed by atoms with Crippen molar-refractivity contribution in [3.8, 4) is 5.75 Å². The largest absolute Gasteiger partial charge is 0.497 e. The Labute approximate surface area is 152 Å². The van der Waals surface area contributed by atoms with Gasteiger partial charge in [-0.15, -0.1) is 0 Å². The highest BCUT2D eigenvalue weighted by molar-refractivity contribution is 6.20. The van der Waals surface area contributed by atoms with E-state index in [1.807, 2.05) is 12.3 Å². The molecule has 0 aliphatic carbocycles. The average Bonchev–Trinajstić information content (AvgIpc) is 3.07. The third-order valence-corrected chi connectivity index (χ3v) is 5.01. The molecular formula is C21H25N4O+. The number of H-pyrrole nitrogens is 2. The van der Waals surface area contributed by atoms with Crippen LogP contribution in [0.4, 0.5) is 5.82 Å². The van der Waals surface area contributed by atoms with Crippen LogP contribution in [0.15, 0.2) is 36.5 Å². The van der Waals surface area contributed by atoms with Crippen molar-refractivity contribution in [1.29, 1.82) is 0 Å². The molecule has 0 radical (unpaired) electrons. The van der Waals surface area contributed by atoms with Crippen molar-refractivity contribution in [3.63, 3.8) is 0 Å². The van der Waals surface area contributed by atoms with Gasteiger partial charge in [0.05, 0.1) is 36.3 Å². The van der Waals surface area contributed by atoms with Crippen LogP contribution in [0.1, 0.15) is 18.4 Å². The molecule has 5 nitrogen and oxygen atoms in total. The first-order valence-electron chi connectivity index (χ1n) is 9.10. The minimum Gasteiger partial charge on any atom is -0.497 e. The molecule has 0 bridgehead atoms. The number of nitrogens with two attached hydrogens (primary N) is 1. The molecule has 4 rings (SSSR count). The number of aromatic amines is 2. The molecule has 0 spiro atoms. The molecular weight excluding hydrogens is 324 g/mol. The molecule has 2 heterocycles. The highest BCUT2D eigenvalue weighted by Crippen LogP contribution is 2.35. The van der Waals surface area contributed by atoms with E-state index >= 15 is 0 Å². The summed E-state index contributed by atoms with van der Waals surface area (Å²) in [6, 6.07) is 10.6. The third kappa shape index (κ3) is 2.74. The minimum atomic E-state index is 0.733. The molecule has 0 aliphatic heterocycles. The number of methoxy groups -OCH3 is 1. The third-order valence-electron chi connectivity index (χ3n) is 5.01. The van der Waals surface area contributed by atoms with Gasteiger partial charge in [-0.3, -0.25) is 5.32 Å². The van der Waals surface area contributed by atoms with Crippen molar-refractivity contribution in [2.45, 2.75) is 19.8 Å². The molecule has 0 fully saturated rings. The number of aryl methyl sites for hydroxylation is 1. The second kappa shape index (κ2) is 6.84. The second-order valence-electron chi connectivity index (χ2n) is 6.72. The molecule has 5 N–H and O–H groups in total. The first-order chi connectivity index (χ1) is 12.7. The van der Waals surface area contributed by atoms with Crippen LogP contribution in [0.25, 0.3) is 32.6 Å². The summed E-state index contributed by atoms with van der Waals surface area (Å²) in [4.78, 5) is 7.07. The van der Waals surface area contributed by atoms with Gasteiger partial charge in [0, 0.05) is 16.3 Å². The Hall–Kier alpha value is -2.79. The molecule has 0 aliphatic rings. The molecule has 26 heavy (non-hydrogen) atoms. The number of pyridine rings is 1. The predicted molar refractivity (Wildman–Crippen MR) is 108 cm³/mol. The minimum absolute atomic E-state index is 0.733. The van der Waals surface area contributed by atoms with Crippen LogP contribution in [0.5, 0.6) is 5.75 Å². The van der Waals surface area contributed by atoms with E-state index in [1.54, 1.807) is 7.11 Å². The van der Waals surface area contributed by atoms with E-state index in [0.29, 0.717) is 0 Å². The summed E-state index contributed by atoms with van der Waals surface area (Å²) in [5.41, 5.74) is 9.13. The topological polar surface area (TPSA) is 77.2 Å². The van der Waals surface area contributed by atoms with Gasteiger partial charge < -0.3 is 15.5 Å². The lowest BCUT2D eigenvalue weighted by atomic mass is 10.1. The number of anilines is 1. The van der Waals surface area contributed by atoms with Crippen molar-refractivity contribution < 1.29 is 9.72 Å². The van der Waals surface area contributed by atoms with Crippen LogP contribution in [0, 0.1) is 6.92 Å². The van der Waals surface area contributed by atoms with Gasteiger partial charge in [-0.05, 0) is 49.9 Å². The Morgan fingerprint density at radius 2 is 1.96 bits per heavy atom. The quantitative estimate of drug-likeness (QED) is 0.464. The summed E-state index contributed by atoms with van der Waals surface area (Å²) in [6.45, 7) is 3.76. The van der Waals surface area contributed by atoms with Crippen LogP contribution in [0.2, 0.25) is 0 Å². The van der Waals surface area contributed by atoms with Gasteiger partial charge >= 0.3 is 0 Å². The smallest absolute Gasteiger partial charge is 0.282 e. The summed E-state index contributed by atoms with van der Waals surface area (Å²) in [5.74, 6) is 1.93. The summed E-state index contributed by atoms with van der Waals surface area (Å²) >= 11 is 0. The highest BCUT2D eigenvalue weighted by atomic mass is 16.5. The average molecular weight is 349 g/mol. The maximum Gasteiger partial charge on any atom is 0.282 e. The molecule has 134 valence electrons. The van der Waals surface area contributed by atoms with E-state index in [-0.39, 0.29) is 0 Å². The van der Waals surface area contributed by atoms with Gasteiger partial charge in [0.1, 0.15) is 5.75 Å². The molecule has 0 unspecified atom stereocenters. The Morgan fingerprint density at radius 1 is 1.12 bits per heavy atom. The molecule has 4 aromatic rings. The van der Waals surface area contributed by atoms with Crippen molar-refractivity contribution in [1.82, 2.24) is 4.98 Å². The number of aromatic nitrogens is 2. The van der Waals surface area contributed by atoms with E-state index in [2.05, 4.69) is 46.5 Å². The van der Waals surface area contributed by atoms with Gasteiger partial charge in [0.25, 0.3) is 5.82 Å². The maximum absolute atomic E-state index is 5.60. The molecule has 5 heteroatoms. The molecule has 0 saturated heterocycles. The number of rotatable bonds is 6. The Kier molecular flexibility index (Phi) is 4.39. The van der Waals surface area contributed by atoms with Crippen molar-refractivity contribution in [2.24, 2.45) is 5.73 Å². The van der Waals surface area contributed by atoms with Gasteiger partial charge in [-0.1, -0.05) is 12.1 Å². The molecule has 2 aromatic heterocycles. The first kappa shape index (κ1) is 16.7. The van der Waals surface area contributed by atoms with E-state index in [9.17, 15) is 0 Å². The fourth-order valence-corrected chi connectivity index (χ4v) is 3.60. The number of nitrogens with one attached hydrogen (secondary N) is 3. The first-order valence-corrected chi connectivity index (χ1v) is 9.10. The predicted octanol–water partition coefficient (Wildman–Crippen LogP) is 3.76. The summed E-state index contributed by atoms with van der Waals surface area (Å²) in [5, 5.41) is 8.35. The van der Waals surface area contributed by atoms with Gasteiger partial charge in [0.15, 0.2) is 0 Å². The number of fused-ring (bicyclic) bond motifs is 5. The Balaban J connectivity index is 1.90. The van der Waals surface area contributed by atoms with Gasteiger partial charge in [0.2, 0.25) is 0 Å². The fourth-order valence-electron chi connectivity index (χ4n) is 3.60. The van der Waals surface area contributed by atoms with Crippen LogP contribution >= 0.6 is 0 Å². The lowest BCUT2D eigenvalue weighted by Crippen LogP contribution is -2.15. The Morgan fingerprint density at radius 3 is 2.77 bits per heavy atom. The lowest BCUT2D eigenvalue weighted by molar-refractivity contribution is -0.359. The van der Waals surface area contributed by atoms with Gasteiger partial charge in [-0.25, -0.2) is 4.98 Å². The monoisotopic (exact) mass is 349 g/mol. The number of ether oxygens (including phenoxy) is 1. The number of benzene rings is 2. The maximum atomic E-state index is 5.60. The van der Waals surface area contributed by atoms with E-state index in [4.69, 9.17) is 10.5 Å². The van der Waals surface area contributed by atoms with Crippen molar-refractivity contribution in [3.05, 3.63) is 42.1 Å². The van der Waals surface area contributed by atoms with Crippen LogP contribution in [0.3, 0.4) is 0 Å². The molecule has 0 amide bonds. The van der Waals surface area contributed by atoms with Crippen molar-refractivity contribution >= 4 is 38.4 Å². The SMILES string of the molecule is COc1ccc2c(ccc3c2[nH]c2c(C)c[nH+]c(NCCCCN)c23)c1. The second-order valence-corrected chi connectivity index (χ2v) is 6.72. The molecule has 0 atom stereocenters.